The summed E-state index contributed by atoms with van der Waals surface area (Å²) in [7, 11) is 0. The molecule has 0 aliphatic heterocycles. The van der Waals surface area contributed by atoms with Crippen molar-refractivity contribution in [3.8, 4) is 0 Å². The number of rotatable bonds is 8. The summed E-state index contributed by atoms with van der Waals surface area (Å²) in [5.41, 5.74) is 9.91. The molecule has 0 saturated carbocycles. The normalized spacial score (nSPS) is 10.3. The Kier molecular flexibility index (Phi) is 7.79. The number of amides is 3. The second-order valence-electron chi connectivity index (χ2n) is 6.20. The number of nitrogens with one attached hydrogen (secondary N) is 2. The standard InChI is InChI=1S/C20H26N4O3/c1-2-3-12-24(14-16-6-4-5-7-18(16)19(25)23-27)20(26)22-17-10-8-15(13-21)9-11-17/h4-11,27H,2-3,12-14,21H2,1H3,(H,22,26)(H,23,25). The van der Waals surface area contributed by atoms with Gasteiger partial charge in [0.2, 0.25) is 0 Å². The Labute approximate surface area is 159 Å². The van der Waals surface area contributed by atoms with E-state index in [1.807, 2.05) is 24.3 Å². The van der Waals surface area contributed by atoms with Crippen molar-refractivity contribution < 1.29 is 14.8 Å². The molecule has 2 aromatic rings. The lowest BCUT2D eigenvalue weighted by molar-refractivity contribution is 0.0704. The SMILES string of the molecule is CCCCN(Cc1ccccc1C(=O)NO)C(=O)Nc1ccc(CN)cc1. The van der Waals surface area contributed by atoms with Crippen LogP contribution in [0.25, 0.3) is 0 Å². The molecule has 0 atom stereocenters. The first-order valence-corrected chi connectivity index (χ1v) is 8.96. The Balaban J connectivity index is 2.16. The molecule has 0 aliphatic carbocycles. The second kappa shape index (κ2) is 10.3. The van der Waals surface area contributed by atoms with E-state index in [9.17, 15) is 9.59 Å². The Hall–Kier alpha value is -2.90. The van der Waals surface area contributed by atoms with Gasteiger partial charge < -0.3 is 16.0 Å². The van der Waals surface area contributed by atoms with Crippen molar-refractivity contribution in [3.63, 3.8) is 0 Å². The van der Waals surface area contributed by atoms with Gasteiger partial charge in [0.05, 0.1) is 0 Å². The summed E-state index contributed by atoms with van der Waals surface area (Å²) in [6.45, 7) is 3.31. The van der Waals surface area contributed by atoms with Crippen LogP contribution in [-0.4, -0.2) is 28.6 Å². The van der Waals surface area contributed by atoms with E-state index < -0.39 is 5.91 Å². The van der Waals surface area contributed by atoms with Crippen LogP contribution < -0.4 is 16.5 Å². The van der Waals surface area contributed by atoms with Crippen molar-refractivity contribution in [3.05, 3.63) is 65.2 Å². The van der Waals surface area contributed by atoms with E-state index in [0.29, 0.717) is 29.9 Å². The third-order valence-corrected chi connectivity index (χ3v) is 4.23. The number of nitrogens with two attached hydrogens (primary N) is 1. The van der Waals surface area contributed by atoms with Gasteiger partial charge in [-0.3, -0.25) is 10.0 Å². The molecule has 7 heteroatoms. The van der Waals surface area contributed by atoms with E-state index in [2.05, 4.69) is 12.2 Å². The predicted molar refractivity (Wildman–Crippen MR) is 104 cm³/mol. The van der Waals surface area contributed by atoms with Crippen LogP contribution in [-0.2, 0) is 13.1 Å². The third-order valence-electron chi connectivity index (χ3n) is 4.23. The molecule has 0 bridgehead atoms. The molecule has 7 nitrogen and oxygen atoms in total. The van der Waals surface area contributed by atoms with Gasteiger partial charge in [-0.1, -0.05) is 43.7 Å². The number of unbranched alkanes of at least 4 members (excludes halogenated alkanes) is 1. The topological polar surface area (TPSA) is 108 Å². The maximum atomic E-state index is 12.8. The minimum Gasteiger partial charge on any atom is -0.326 e. The van der Waals surface area contributed by atoms with Gasteiger partial charge in [0.25, 0.3) is 5.91 Å². The van der Waals surface area contributed by atoms with E-state index in [1.54, 1.807) is 34.6 Å². The molecule has 2 rings (SSSR count). The van der Waals surface area contributed by atoms with E-state index in [1.165, 1.54) is 0 Å². The van der Waals surface area contributed by atoms with Crippen LogP contribution in [0.15, 0.2) is 48.5 Å². The molecule has 3 amide bonds. The number of anilines is 1. The highest BCUT2D eigenvalue weighted by Gasteiger charge is 2.17. The van der Waals surface area contributed by atoms with Gasteiger partial charge in [0, 0.05) is 30.9 Å². The van der Waals surface area contributed by atoms with E-state index in [0.717, 1.165) is 18.4 Å². The van der Waals surface area contributed by atoms with Crippen LogP contribution in [0, 0.1) is 0 Å². The number of carbonyl (C=O) groups is 2. The quantitative estimate of drug-likeness (QED) is 0.423. The molecule has 0 heterocycles. The average molecular weight is 370 g/mol. The number of hydrogen-bond acceptors (Lipinski definition) is 4. The molecule has 144 valence electrons. The number of nitrogens with zero attached hydrogens (tertiary/aromatic N) is 1. The van der Waals surface area contributed by atoms with Crippen molar-refractivity contribution in [2.45, 2.75) is 32.9 Å². The molecular weight excluding hydrogens is 344 g/mol. The predicted octanol–water partition coefficient (Wildman–Crippen LogP) is 3.10. The number of hydrogen-bond donors (Lipinski definition) is 4. The van der Waals surface area contributed by atoms with Gasteiger partial charge >= 0.3 is 6.03 Å². The number of carbonyl (C=O) groups excluding carboxylic acids is 2. The summed E-state index contributed by atoms with van der Waals surface area (Å²) in [5, 5.41) is 11.8. The molecule has 0 spiro atoms. The maximum Gasteiger partial charge on any atom is 0.322 e. The summed E-state index contributed by atoms with van der Waals surface area (Å²) in [6.07, 6.45) is 1.78. The molecule has 0 radical (unpaired) electrons. The molecule has 0 unspecified atom stereocenters. The molecule has 5 N–H and O–H groups in total. The molecule has 2 aromatic carbocycles. The van der Waals surface area contributed by atoms with Crippen LogP contribution in [0.5, 0.6) is 0 Å². The van der Waals surface area contributed by atoms with Crippen molar-refractivity contribution in [2.75, 3.05) is 11.9 Å². The minimum absolute atomic E-state index is 0.247. The van der Waals surface area contributed by atoms with E-state index in [4.69, 9.17) is 10.9 Å². The van der Waals surface area contributed by atoms with Gasteiger partial charge in [-0.2, -0.15) is 0 Å². The Morgan fingerprint density at radius 2 is 1.81 bits per heavy atom. The highest BCUT2D eigenvalue weighted by molar-refractivity contribution is 5.95. The smallest absolute Gasteiger partial charge is 0.322 e. The fourth-order valence-corrected chi connectivity index (χ4v) is 2.67. The Bertz CT molecular complexity index is 762. The lowest BCUT2D eigenvalue weighted by Gasteiger charge is -2.24. The summed E-state index contributed by atoms with van der Waals surface area (Å²) in [6, 6.07) is 14.0. The first-order chi connectivity index (χ1) is 13.1. The monoisotopic (exact) mass is 370 g/mol. The van der Waals surface area contributed by atoms with Crippen LogP contribution in [0.3, 0.4) is 0 Å². The maximum absolute atomic E-state index is 12.8. The van der Waals surface area contributed by atoms with Gasteiger partial charge in [-0.25, -0.2) is 10.3 Å². The molecule has 0 aromatic heterocycles. The van der Waals surface area contributed by atoms with Crippen LogP contribution in [0.4, 0.5) is 10.5 Å². The molecule has 0 aliphatic rings. The number of hydroxylamine groups is 1. The summed E-state index contributed by atoms with van der Waals surface area (Å²) >= 11 is 0. The molecule has 0 saturated heterocycles. The Morgan fingerprint density at radius 3 is 2.44 bits per heavy atom. The van der Waals surface area contributed by atoms with Crippen LogP contribution in [0.1, 0.15) is 41.3 Å². The van der Waals surface area contributed by atoms with Gasteiger partial charge in [-0.05, 0) is 35.7 Å². The van der Waals surface area contributed by atoms with E-state index in [-0.39, 0.29) is 12.6 Å². The number of urea groups is 1. The van der Waals surface area contributed by atoms with Crippen LogP contribution in [0.2, 0.25) is 0 Å². The average Bonchev–Trinajstić information content (AvgIpc) is 2.71. The van der Waals surface area contributed by atoms with E-state index >= 15 is 0 Å². The van der Waals surface area contributed by atoms with Crippen molar-refractivity contribution >= 4 is 17.6 Å². The van der Waals surface area contributed by atoms with Gasteiger partial charge in [0.15, 0.2) is 0 Å². The zero-order valence-corrected chi connectivity index (χ0v) is 15.4. The minimum atomic E-state index is -0.598. The summed E-state index contributed by atoms with van der Waals surface area (Å²) in [4.78, 5) is 26.3. The first kappa shape index (κ1) is 20.4. The van der Waals surface area contributed by atoms with Crippen molar-refractivity contribution in [1.82, 2.24) is 10.4 Å². The highest BCUT2D eigenvalue weighted by Crippen LogP contribution is 2.15. The van der Waals surface area contributed by atoms with Crippen molar-refractivity contribution in [2.24, 2.45) is 5.73 Å². The zero-order valence-electron chi connectivity index (χ0n) is 15.4. The lowest BCUT2D eigenvalue weighted by atomic mass is 10.1. The fraction of sp³-hybridized carbons (Fsp3) is 0.300. The molecular formula is C20H26N4O3. The highest BCUT2D eigenvalue weighted by atomic mass is 16.5. The summed E-state index contributed by atoms with van der Waals surface area (Å²) < 4.78 is 0. The zero-order chi connectivity index (χ0) is 19.6. The third kappa shape index (κ3) is 5.80. The molecule has 0 fully saturated rings. The van der Waals surface area contributed by atoms with Gasteiger partial charge in [-0.15, -0.1) is 0 Å². The van der Waals surface area contributed by atoms with Crippen LogP contribution >= 0.6 is 0 Å². The number of benzene rings is 2. The largest absolute Gasteiger partial charge is 0.326 e. The molecule has 27 heavy (non-hydrogen) atoms. The van der Waals surface area contributed by atoms with Crippen molar-refractivity contribution in [1.29, 1.82) is 0 Å². The second-order valence-corrected chi connectivity index (χ2v) is 6.20. The summed E-state index contributed by atoms with van der Waals surface area (Å²) in [5.74, 6) is -0.598. The lowest BCUT2D eigenvalue weighted by Crippen LogP contribution is -2.36. The first-order valence-electron chi connectivity index (χ1n) is 8.96. The Morgan fingerprint density at radius 1 is 1.11 bits per heavy atom. The van der Waals surface area contributed by atoms with Gasteiger partial charge in [0.1, 0.15) is 0 Å². The fourth-order valence-electron chi connectivity index (χ4n) is 2.67.